The summed E-state index contributed by atoms with van der Waals surface area (Å²) in [6.07, 6.45) is 0.872. The molecule has 0 spiro atoms. The number of carboxylic acids is 1. The van der Waals surface area contributed by atoms with E-state index in [2.05, 4.69) is 15.9 Å². The summed E-state index contributed by atoms with van der Waals surface area (Å²) in [4.78, 5) is 36.8. The van der Waals surface area contributed by atoms with Crippen LogP contribution in [-0.2, 0) is 23.0 Å². The van der Waals surface area contributed by atoms with Crippen LogP contribution in [0.4, 0.5) is 0 Å². The van der Waals surface area contributed by atoms with E-state index in [1.165, 1.54) is 4.90 Å². The van der Waals surface area contributed by atoms with Gasteiger partial charge in [0.1, 0.15) is 0 Å². The SMILES string of the molecule is O=C([O-])CCc1cc(CBr)cc(CCN2C(=O)c3ccccc3C2=O)c1. The van der Waals surface area contributed by atoms with Crippen molar-refractivity contribution < 1.29 is 19.5 Å². The first kappa shape index (κ1) is 18.3. The van der Waals surface area contributed by atoms with Gasteiger partial charge in [-0.15, -0.1) is 0 Å². The number of rotatable bonds is 7. The number of hydrogen-bond acceptors (Lipinski definition) is 4. The maximum atomic E-state index is 12.4. The molecule has 0 fully saturated rings. The summed E-state index contributed by atoms with van der Waals surface area (Å²) in [7, 11) is 0. The highest BCUT2D eigenvalue weighted by atomic mass is 79.9. The third kappa shape index (κ3) is 3.85. The molecule has 0 N–H and O–H groups in total. The fourth-order valence-corrected chi connectivity index (χ4v) is 3.46. The topological polar surface area (TPSA) is 77.5 Å². The number of aliphatic carboxylic acids is 1. The average Bonchev–Trinajstić information content (AvgIpc) is 2.89. The first-order valence-electron chi connectivity index (χ1n) is 8.32. The Morgan fingerprint density at radius 1 is 0.923 bits per heavy atom. The van der Waals surface area contributed by atoms with Gasteiger partial charge in [-0.05, 0) is 48.1 Å². The summed E-state index contributed by atoms with van der Waals surface area (Å²) in [5.41, 5.74) is 3.79. The number of nitrogens with zero attached hydrogens (tertiary/aromatic N) is 1. The van der Waals surface area contributed by atoms with Crippen molar-refractivity contribution in [1.82, 2.24) is 4.90 Å². The lowest BCUT2D eigenvalue weighted by molar-refractivity contribution is -0.305. The molecule has 3 rings (SSSR count). The zero-order chi connectivity index (χ0) is 18.7. The van der Waals surface area contributed by atoms with Crippen LogP contribution in [0.25, 0.3) is 0 Å². The van der Waals surface area contributed by atoms with E-state index >= 15 is 0 Å². The highest BCUT2D eigenvalue weighted by molar-refractivity contribution is 9.08. The van der Waals surface area contributed by atoms with Crippen LogP contribution in [0.1, 0.15) is 43.8 Å². The van der Waals surface area contributed by atoms with Crippen molar-refractivity contribution in [3.63, 3.8) is 0 Å². The third-order valence-electron chi connectivity index (χ3n) is 4.39. The highest BCUT2D eigenvalue weighted by Gasteiger charge is 2.34. The van der Waals surface area contributed by atoms with E-state index in [0.29, 0.717) is 29.3 Å². The summed E-state index contributed by atoms with van der Waals surface area (Å²) >= 11 is 3.41. The molecule has 1 aliphatic heterocycles. The molecule has 2 amide bonds. The highest BCUT2D eigenvalue weighted by Crippen LogP contribution is 2.23. The number of imide groups is 1. The number of fused-ring (bicyclic) bond motifs is 1. The number of aryl methyl sites for hydroxylation is 1. The van der Waals surface area contributed by atoms with Crippen molar-refractivity contribution in [3.8, 4) is 0 Å². The van der Waals surface area contributed by atoms with Gasteiger partial charge in [0.2, 0.25) is 0 Å². The summed E-state index contributed by atoms with van der Waals surface area (Å²) < 4.78 is 0. The molecular weight excluding hydrogens is 398 g/mol. The van der Waals surface area contributed by atoms with Gasteiger partial charge in [-0.25, -0.2) is 0 Å². The lowest BCUT2D eigenvalue weighted by Gasteiger charge is -2.15. The largest absolute Gasteiger partial charge is 0.550 e. The lowest BCUT2D eigenvalue weighted by atomic mass is 10.0. The first-order chi connectivity index (χ1) is 12.5. The van der Waals surface area contributed by atoms with Crippen molar-refractivity contribution >= 4 is 33.7 Å². The van der Waals surface area contributed by atoms with E-state index in [0.717, 1.165) is 16.7 Å². The maximum absolute atomic E-state index is 12.4. The van der Waals surface area contributed by atoms with Crippen molar-refractivity contribution in [2.24, 2.45) is 0 Å². The van der Waals surface area contributed by atoms with E-state index in [9.17, 15) is 19.5 Å². The van der Waals surface area contributed by atoms with Crippen LogP contribution in [0.15, 0.2) is 42.5 Å². The third-order valence-corrected chi connectivity index (χ3v) is 5.03. The second-order valence-electron chi connectivity index (χ2n) is 6.22. The van der Waals surface area contributed by atoms with Crippen LogP contribution in [0.5, 0.6) is 0 Å². The monoisotopic (exact) mass is 414 g/mol. The standard InChI is InChI=1S/C20H18BrNO4/c21-12-15-10-13(5-6-18(23)24)9-14(11-15)7-8-22-19(25)16-3-1-2-4-17(16)20(22)26/h1-4,9-11H,5-8,12H2,(H,23,24)/p-1. The molecule has 0 bridgehead atoms. The molecule has 5 nitrogen and oxygen atoms in total. The Balaban J connectivity index is 1.73. The van der Waals surface area contributed by atoms with Crippen molar-refractivity contribution in [1.29, 1.82) is 0 Å². The van der Waals surface area contributed by atoms with Gasteiger partial charge in [0, 0.05) is 17.8 Å². The first-order valence-corrected chi connectivity index (χ1v) is 9.44. The number of carboxylic acid groups (broad SMARTS) is 1. The number of alkyl halides is 1. The zero-order valence-corrected chi connectivity index (χ0v) is 15.6. The molecule has 2 aromatic carbocycles. The quantitative estimate of drug-likeness (QED) is 0.513. The van der Waals surface area contributed by atoms with Crippen LogP contribution >= 0.6 is 15.9 Å². The summed E-state index contributed by atoms with van der Waals surface area (Å²) in [6.45, 7) is 0.290. The molecule has 0 aromatic heterocycles. The van der Waals surface area contributed by atoms with Crippen LogP contribution in [0.2, 0.25) is 0 Å². The minimum atomic E-state index is -1.08. The summed E-state index contributed by atoms with van der Waals surface area (Å²) in [5, 5.41) is 11.3. The molecule has 1 heterocycles. The van der Waals surface area contributed by atoms with Gasteiger partial charge in [-0.1, -0.05) is 46.3 Å². The van der Waals surface area contributed by atoms with Gasteiger partial charge in [-0.2, -0.15) is 0 Å². The molecule has 0 radical (unpaired) electrons. The molecule has 1 aliphatic rings. The number of carbonyl (C=O) groups is 3. The lowest BCUT2D eigenvalue weighted by Crippen LogP contribution is -2.31. The number of carbonyl (C=O) groups excluding carboxylic acids is 3. The smallest absolute Gasteiger partial charge is 0.261 e. The van der Waals surface area contributed by atoms with Gasteiger partial charge < -0.3 is 9.90 Å². The molecule has 2 aromatic rings. The van der Waals surface area contributed by atoms with Crippen LogP contribution < -0.4 is 5.11 Å². The van der Waals surface area contributed by atoms with Gasteiger partial charge in [0.05, 0.1) is 11.1 Å². The van der Waals surface area contributed by atoms with E-state index in [1.54, 1.807) is 24.3 Å². The number of benzene rings is 2. The van der Waals surface area contributed by atoms with Crippen molar-refractivity contribution in [2.75, 3.05) is 6.54 Å². The van der Waals surface area contributed by atoms with Crippen LogP contribution in [0.3, 0.4) is 0 Å². The molecule has 6 heteroatoms. The zero-order valence-electron chi connectivity index (χ0n) is 14.0. The fourth-order valence-electron chi connectivity index (χ4n) is 3.13. The van der Waals surface area contributed by atoms with Crippen molar-refractivity contribution in [3.05, 3.63) is 70.3 Å². The Morgan fingerprint density at radius 3 is 2.00 bits per heavy atom. The molecule has 0 aliphatic carbocycles. The van der Waals surface area contributed by atoms with Crippen LogP contribution in [0, 0.1) is 0 Å². The maximum Gasteiger partial charge on any atom is 0.261 e. The Bertz CT molecular complexity index is 843. The molecule has 0 saturated heterocycles. The average molecular weight is 415 g/mol. The summed E-state index contributed by atoms with van der Waals surface area (Å²) in [5.74, 6) is -1.61. The van der Waals surface area contributed by atoms with Crippen LogP contribution in [-0.4, -0.2) is 29.2 Å². The van der Waals surface area contributed by atoms with E-state index in [-0.39, 0.29) is 24.8 Å². The van der Waals surface area contributed by atoms with E-state index in [4.69, 9.17) is 0 Å². The number of amides is 2. The van der Waals surface area contributed by atoms with E-state index in [1.807, 2.05) is 18.2 Å². The minimum absolute atomic E-state index is 0.0381. The number of hydrogen-bond donors (Lipinski definition) is 0. The molecule has 26 heavy (non-hydrogen) atoms. The Hall–Kier alpha value is -2.47. The summed E-state index contributed by atoms with van der Waals surface area (Å²) in [6, 6.07) is 12.7. The van der Waals surface area contributed by atoms with Gasteiger partial charge >= 0.3 is 0 Å². The van der Waals surface area contributed by atoms with Gasteiger partial charge in [-0.3, -0.25) is 14.5 Å². The van der Waals surface area contributed by atoms with Gasteiger partial charge in [0.25, 0.3) is 11.8 Å². The Morgan fingerprint density at radius 2 is 1.46 bits per heavy atom. The molecule has 134 valence electrons. The van der Waals surface area contributed by atoms with E-state index < -0.39 is 5.97 Å². The molecular formula is C20H17BrNO4-. The molecule has 0 unspecified atom stereocenters. The second kappa shape index (κ2) is 7.83. The Kier molecular flexibility index (Phi) is 5.52. The molecule has 0 atom stereocenters. The normalized spacial score (nSPS) is 13.2. The minimum Gasteiger partial charge on any atom is -0.550 e. The predicted molar refractivity (Wildman–Crippen MR) is 97.9 cm³/mol. The predicted octanol–water partition coefficient (Wildman–Crippen LogP) is 2.10. The Labute approximate surface area is 159 Å². The van der Waals surface area contributed by atoms with Gasteiger partial charge in [0.15, 0.2) is 0 Å². The fraction of sp³-hybridized carbons (Fsp3) is 0.250. The van der Waals surface area contributed by atoms with Crippen molar-refractivity contribution in [2.45, 2.75) is 24.6 Å². The second-order valence-corrected chi connectivity index (χ2v) is 6.78. The number of halogens is 1. The molecule has 0 saturated carbocycles.